The van der Waals surface area contributed by atoms with E-state index in [0.29, 0.717) is 0 Å². The molecule has 2 aromatic carbocycles. The summed E-state index contributed by atoms with van der Waals surface area (Å²) in [6.45, 7) is 2.87. The quantitative estimate of drug-likeness (QED) is 0.930. The molecule has 1 aliphatic carbocycles. The van der Waals surface area contributed by atoms with Crippen molar-refractivity contribution in [1.29, 1.82) is 5.26 Å². The van der Waals surface area contributed by atoms with E-state index < -0.39 is 5.54 Å². The predicted molar refractivity (Wildman–Crippen MR) is 84.8 cm³/mol. The highest BCUT2D eigenvalue weighted by molar-refractivity contribution is 5.37. The molecule has 0 saturated heterocycles. The summed E-state index contributed by atoms with van der Waals surface area (Å²) < 4.78 is 0. The first-order valence-corrected chi connectivity index (χ1v) is 7.49. The van der Waals surface area contributed by atoms with Crippen molar-refractivity contribution in [2.24, 2.45) is 0 Å². The van der Waals surface area contributed by atoms with Crippen molar-refractivity contribution in [1.82, 2.24) is 5.32 Å². The Morgan fingerprint density at radius 3 is 2.71 bits per heavy atom. The minimum atomic E-state index is -0.432. The molecule has 2 nitrogen and oxygen atoms in total. The monoisotopic (exact) mass is 276 g/mol. The van der Waals surface area contributed by atoms with Gasteiger partial charge in [-0.05, 0) is 36.5 Å². The van der Waals surface area contributed by atoms with Crippen LogP contribution >= 0.6 is 0 Å². The summed E-state index contributed by atoms with van der Waals surface area (Å²) >= 11 is 0. The van der Waals surface area contributed by atoms with Crippen LogP contribution in [0.15, 0.2) is 48.5 Å². The van der Waals surface area contributed by atoms with Crippen LogP contribution in [0, 0.1) is 18.3 Å². The average Bonchev–Trinajstić information content (AvgIpc) is 2.54. The van der Waals surface area contributed by atoms with E-state index >= 15 is 0 Å². The Morgan fingerprint density at radius 2 is 1.95 bits per heavy atom. The molecule has 0 amide bonds. The molecule has 0 radical (unpaired) electrons. The summed E-state index contributed by atoms with van der Waals surface area (Å²) in [5.74, 6) is 0. The summed E-state index contributed by atoms with van der Waals surface area (Å²) in [6.07, 6.45) is 2.66. The first-order valence-electron chi connectivity index (χ1n) is 7.49. The van der Waals surface area contributed by atoms with E-state index in [0.717, 1.165) is 25.8 Å². The third-order valence-corrected chi connectivity index (χ3v) is 4.36. The van der Waals surface area contributed by atoms with Crippen LogP contribution in [0.1, 0.15) is 28.7 Å². The second-order valence-corrected chi connectivity index (χ2v) is 5.98. The van der Waals surface area contributed by atoms with Gasteiger partial charge in [0, 0.05) is 13.0 Å². The maximum atomic E-state index is 9.69. The molecule has 0 saturated carbocycles. The lowest BCUT2D eigenvalue weighted by Crippen LogP contribution is -2.48. The average molecular weight is 276 g/mol. The molecule has 0 bridgehead atoms. The Hall–Kier alpha value is -2.11. The highest BCUT2D eigenvalue weighted by Crippen LogP contribution is 2.29. The van der Waals surface area contributed by atoms with Crippen molar-refractivity contribution in [2.75, 3.05) is 0 Å². The molecule has 3 rings (SSSR count). The van der Waals surface area contributed by atoms with Gasteiger partial charge in [0.05, 0.1) is 6.07 Å². The fourth-order valence-electron chi connectivity index (χ4n) is 3.07. The maximum Gasteiger partial charge on any atom is 0.111 e. The molecule has 1 N–H and O–H groups in total. The lowest BCUT2D eigenvalue weighted by molar-refractivity contribution is 0.364. The number of hydrogen-bond acceptors (Lipinski definition) is 2. The third kappa shape index (κ3) is 2.99. The summed E-state index contributed by atoms with van der Waals surface area (Å²) in [7, 11) is 0. The van der Waals surface area contributed by atoms with Crippen LogP contribution in [0.25, 0.3) is 0 Å². The Labute approximate surface area is 126 Å². The maximum absolute atomic E-state index is 9.69. The lowest BCUT2D eigenvalue weighted by Gasteiger charge is -2.33. The number of nitrogens with one attached hydrogen (secondary N) is 1. The molecule has 0 heterocycles. The van der Waals surface area contributed by atoms with Crippen LogP contribution < -0.4 is 5.32 Å². The minimum absolute atomic E-state index is 0.432. The molecule has 106 valence electrons. The Bertz CT molecular complexity index is 670. The largest absolute Gasteiger partial charge is 0.295 e. The number of rotatable bonds is 3. The van der Waals surface area contributed by atoms with Gasteiger partial charge in [0.1, 0.15) is 5.54 Å². The van der Waals surface area contributed by atoms with Gasteiger partial charge in [-0.1, -0.05) is 54.1 Å². The number of nitrogens with zero attached hydrogens (tertiary/aromatic N) is 1. The third-order valence-electron chi connectivity index (χ3n) is 4.36. The second kappa shape index (κ2) is 5.71. The molecular weight excluding hydrogens is 256 g/mol. The number of hydrogen-bond donors (Lipinski definition) is 1. The molecule has 0 spiro atoms. The van der Waals surface area contributed by atoms with Gasteiger partial charge in [-0.15, -0.1) is 0 Å². The lowest BCUT2D eigenvalue weighted by atomic mass is 9.78. The van der Waals surface area contributed by atoms with Gasteiger partial charge in [-0.25, -0.2) is 0 Å². The Balaban J connectivity index is 1.77. The van der Waals surface area contributed by atoms with Crippen molar-refractivity contribution in [2.45, 2.75) is 38.3 Å². The first kappa shape index (κ1) is 13.9. The predicted octanol–water partition coefficient (Wildman–Crippen LogP) is 3.54. The fourth-order valence-corrected chi connectivity index (χ4v) is 3.07. The Kier molecular flexibility index (Phi) is 3.77. The zero-order valence-corrected chi connectivity index (χ0v) is 12.4. The highest BCUT2D eigenvalue weighted by atomic mass is 15.0. The molecule has 2 aromatic rings. The molecule has 1 aliphatic rings. The molecule has 1 atom stereocenters. The molecule has 0 fully saturated rings. The van der Waals surface area contributed by atoms with Gasteiger partial charge in [0.25, 0.3) is 0 Å². The molecule has 0 aliphatic heterocycles. The summed E-state index contributed by atoms with van der Waals surface area (Å²) in [6, 6.07) is 19.4. The van der Waals surface area contributed by atoms with Crippen molar-refractivity contribution >= 4 is 0 Å². The van der Waals surface area contributed by atoms with E-state index in [2.05, 4.69) is 48.6 Å². The van der Waals surface area contributed by atoms with Crippen LogP contribution in [0.4, 0.5) is 0 Å². The zero-order valence-electron chi connectivity index (χ0n) is 12.4. The van der Waals surface area contributed by atoms with Crippen molar-refractivity contribution in [3.8, 4) is 6.07 Å². The zero-order chi connectivity index (χ0) is 14.7. The fraction of sp³-hybridized carbons (Fsp3) is 0.316. The Morgan fingerprint density at radius 1 is 1.14 bits per heavy atom. The number of benzene rings is 2. The van der Waals surface area contributed by atoms with E-state index in [9.17, 15) is 5.26 Å². The van der Waals surface area contributed by atoms with Gasteiger partial charge in [-0.3, -0.25) is 5.32 Å². The molecule has 1 unspecified atom stereocenters. The van der Waals surface area contributed by atoms with Crippen LogP contribution in [0.5, 0.6) is 0 Å². The topological polar surface area (TPSA) is 35.8 Å². The van der Waals surface area contributed by atoms with Gasteiger partial charge in [-0.2, -0.15) is 5.26 Å². The SMILES string of the molecule is Cc1ccc2c(c1)CCC(C#N)(NCc1ccccc1)C2. The number of fused-ring (bicyclic) bond motifs is 1. The summed E-state index contributed by atoms with van der Waals surface area (Å²) in [5, 5.41) is 13.2. The van der Waals surface area contributed by atoms with Crippen molar-refractivity contribution in [3.63, 3.8) is 0 Å². The van der Waals surface area contributed by atoms with Gasteiger partial charge < -0.3 is 0 Å². The van der Waals surface area contributed by atoms with Crippen molar-refractivity contribution in [3.05, 3.63) is 70.8 Å². The molecular formula is C19H20N2. The van der Waals surface area contributed by atoms with Crippen LogP contribution in [-0.2, 0) is 19.4 Å². The smallest absolute Gasteiger partial charge is 0.111 e. The van der Waals surface area contributed by atoms with E-state index in [1.54, 1.807) is 0 Å². The summed E-state index contributed by atoms with van der Waals surface area (Å²) in [4.78, 5) is 0. The van der Waals surface area contributed by atoms with Crippen LogP contribution in [-0.4, -0.2) is 5.54 Å². The number of aryl methyl sites for hydroxylation is 2. The molecule has 21 heavy (non-hydrogen) atoms. The number of nitriles is 1. The van der Waals surface area contributed by atoms with E-state index in [4.69, 9.17) is 0 Å². The van der Waals surface area contributed by atoms with E-state index in [1.165, 1.54) is 22.3 Å². The van der Waals surface area contributed by atoms with Gasteiger partial charge in [0.15, 0.2) is 0 Å². The summed E-state index contributed by atoms with van der Waals surface area (Å²) in [5.41, 5.74) is 4.81. The van der Waals surface area contributed by atoms with Gasteiger partial charge in [0.2, 0.25) is 0 Å². The molecule has 0 aromatic heterocycles. The van der Waals surface area contributed by atoms with Gasteiger partial charge >= 0.3 is 0 Å². The second-order valence-electron chi connectivity index (χ2n) is 5.98. The molecule has 2 heteroatoms. The van der Waals surface area contributed by atoms with Crippen LogP contribution in [0.3, 0.4) is 0 Å². The normalized spacial score (nSPS) is 20.6. The van der Waals surface area contributed by atoms with E-state index in [-0.39, 0.29) is 0 Å². The highest BCUT2D eigenvalue weighted by Gasteiger charge is 2.34. The van der Waals surface area contributed by atoms with Crippen LogP contribution in [0.2, 0.25) is 0 Å². The first-order chi connectivity index (χ1) is 10.2. The minimum Gasteiger partial charge on any atom is -0.295 e. The standard InChI is InChI=1S/C19H20N2/c1-15-7-8-18-12-19(14-20,10-9-17(18)11-15)21-13-16-5-3-2-4-6-16/h2-8,11,21H,9-10,12-13H2,1H3. The van der Waals surface area contributed by atoms with E-state index in [1.807, 2.05) is 18.2 Å². The van der Waals surface area contributed by atoms with Crippen molar-refractivity contribution < 1.29 is 0 Å².